The number of imidazole rings is 1. The molecule has 0 saturated carbocycles. The van der Waals surface area contributed by atoms with Gasteiger partial charge in [-0.25, -0.2) is 14.8 Å². The first kappa shape index (κ1) is 30.7. The average Bonchev–Trinajstić information content (AvgIpc) is 3.55. The number of thiophene rings is 1. The summed E-state index contributed by atoms with van der Waals surface area (Å²) in [6.45, 7) is 7.67. The molecule has 9 nitrogen and oxygen atoms in total. The molecule has 2 aromatic carbocycles. The zero-order chi connectivity index (χ0) is 30.7. The van der Waals surface area contributed by atoms with Gasteiger partial charge in [0.2, 0.25) is 0 Å². The van der Waals surface area contributed by atoms with Gasteiger partial charge in [-0.1, -0.05) is 23.7 Å². The summed E-state index contributed by atoms with van der Waals surface area (Å²) in [5.41, 5.74) is 4.38. The minimum Gasteiger partial charge on any atom is -0.475 e. The molecule has 6 rings (SSSR count). The number of aliphatic carboxylic acids is 1. The van der Waals surface area contributed by atoms with Crippen molar-refractivity contribution in [2.24, 2.45) is 0 Å². The van der Waals surface area contributed by atoms with Crippen molar-refractivity contribution in [1.82, 2.24) is 24.0 Å². The Hall–Kier alpha value is -3.78. The third-order valence-electron chi connectivity index (χ3n) is 6.97. The quantitative estimate of drug-likeness (QED) is 0.253. The highest BCUT2D eigenvalue weighted by molar-refractivity contribution is 7.22. The molecule has 0 atom stereocenters. The SMILES string of the molecule is Cc1nc2cc(-n3cnc4cc(-c5ccc(Cl)cc5)sc4c3=O)ccc2n1CCCN1CCOCC1.O=C(O)C(F)(F)F. The van der Waals surface area contributed by atoms with Crippen molar-refractivity contribution in [2.45, 2.75) is 26.1 Å². The molecule has 226 valence electrons. The van der Waals surface area contributed by atoms with E-state index >= 15 is 0 Å². The van der Waals surface area contributed by atoms with Crippen molar-refractivity contribution < 1.29 is 27.8 Å². The highest BCUT2D eigenvalue weighted by Crippen LogP contribution is 2.32. The molecule has 0 radical (unpaired) electrons. The number of carboxylic acids is 1. The predicted octanol–water partition coefficient (Wildman–Crippen LogP) is 5.78. The lowest BCUT2D eigenvalue weighted by Gasteiger charge is -2.26. The molecule has 0 bridgehead atoms. The fraction of sp³-hybridized carbons (Fsp3) is 0.310. The van der Waals surface area contributed by atoms with E-state index in [-0.39, 0.29) is 5.56 Å². The fourth-order valence-electron chi connectivity index (χ4n) is 4.80. The van der Waals surface area contributed by atoms with Gasteiger partial charge in [-0.3, -0.25) is 14.3 Å². The smallest absolute Gasteiger partial charge is 0.475 e. The Labute approximate surface area is 252 Å². The standard InChI is InChI=1S/C27H26ClN5O2S.C2HF3O2/c1-18-30-22-15-21(7-8-24(22)32(18)10-2-9-31-11-13-35-14-12-31)33-17-29-23-16-25(36-26(23)27(33)34)19-3-5-20(28)6-4-19;3-2(4,5)1(6)7/h3-8,15-17H,2,9-14H2,1H3;(H,6,7). The van der Waals surface area contributed by atoms with Gasteiger partial charge in [0.15, 0.2) is 0 Å². The van der Waals surface area contributed by atoms with Gasteiger partial charge >= 0.3 is 12.1 Å². The predicted molar refractivity (Wildman–Crippen MR) is 159 cm³/mol. The molecule has 5 aromatic rings. The molecule has 43 heavy (non-hydrogen) atoms. The average molecular weight is 634 g/mol. The number of alkyl halides is 3. The molecule has 0 amide bonds. The third-order valence-corrected chi connectivity index (χ3v) is 8.38. The van der Waals surface area contributed by atoms with E-state index in [9.17, 15) is 18.0 Å². The first-order chi connectivity index (χ1) is 20.5. The molecule has 3 aromatic heterocycles. The molecule has 4 heterocycles. The van der Waals surface area contributed by atoms with E-state index in [1.165, 1.54) is 11.3 Å². The van der Waals surface area contributed by atoms with E-state index in [0.29, 0.717) is 15.2 Å². The molecule has 0 unspecified atom stereocenters. The number of fused-ring (bicyclic) bond motifs is 2. The zero-order valence-electron chi connectivity index (χ0n) is 23.0. The summed E-state index contributed by atoms with van der Waals surface area (Å²) in [5, 5.41) is 7.81. The number of carbonyl (C=O) groups is 1. The largest absolute Gasteiger partial charge is 0.490 e. The molecule has 0 spiro atoms. The van der Waals surface area contributed by atoms with Gasteiger partial charge in [0.25, 0.3) is 5.56 Å². The second-order valence-corrected chi connectivity index (χ2v) is 11.3. The van der Waals surface area contributed by atoms with Gasteiger partial charge < -0.3 is 14.4 Å². The monoisotopic (exact) mass is 633 g/mol. The number of ether oxygens (including phenoxy) is 1. The fourth-order valence-corrected chi connectivity index (χ4v) is 5.97. The lowest BCUT2D eigenvalue weighted by Crippen LogP contribution is -2.37. The maximum atomic E-state index is 13.4. The normalized spacial score (nSPS) is 14.2. The summed E-state index contributed by atoms with van der Waals surface area (Å²) in [6.07, 6.45) is -2.42. The number of nitrogens with zero attached hydrogens (tertiary/aromatic N) is 5. The summed E-state index contributed by atoms with van der Waals surface area (Å²) in [7, 11) is 0. The Morgan fingerprint density at radius 3 is 2.44 bits per heavy atom. The lowest BCUT2D eigenvalue weighted by atomic mass is 10.2. The van der Waals surface area contributed by atoms with Gasteiger partial charge in [0.1, 0.15) is 16.9 Å². The number of aryl methyl sites for hydroxylation is 2. The maximum Gasteiger partial charge on any atom is 0.490 e. The van der Waals surface area contributed by atoms with Crippen LogP contribution in [0.2, 0.25) is 5.02 Å². The number of rotatable bonds is 6. The summed E-state index contributed by atoms with van der Waals surface area (Å²) in [6, 6.07) is 15.6. The number of benzene rings is 2. The summed E-state index contributed by atoms with van der Waals surface area (Å²) in [5.74, 6) is -1.77. The second-order valence-electron chi connectivity index (χ2n) is 9.85. The number of hydrogen-bond acceptors (Lipinski definition) is 7. The van der Waals surface area contributed by atoms with Gasteiger partial charge in [-0.2, -0.15) is 13.2 Å². The van der Waals surface area contributed by atoms with Crippen molar-refractivity contribution in [3.63, 3.8) is 0 Å². The van der Waals surface area contributed by atoms with Crippen LogP contribution in [0.3, 0.4) is 0 Å². The van der Waals surface area contributed by atoms with Crippen LogP contribution in [0.5, 0.6) is 0 Å². The molecule has 1 saturated heterocycles. The molecular formula is C29H27ClF3N5O4S. The Balaban J connectivity index is 0.000000472. The van der Waals surface area contributed by atoms with Crippen molar-refractivity contribution in [3.05, 3.63) is 76.1 Å². The number of halogens is 4. The van der Waals surface area contributed by atoms with Crippen LogP contribution < -0.4 is 5.56 Å². The Morgan fingerprint density at radius 2 is 1.77 bits per heavy atom. The summed E-state index contributed by atoms with van der Waals surface area (Å²) < 4.78 is 41.7. The van der Waals surface area contributed by atoms with Gasteiger partial charge in [0.05, 0.1) is 35.5 Å². The van der Waals surface area contributed by atoms with E-state index in [1.807, 2.05) is 49.4 Å². The van der Waals surface area contributed by atoms with Crippen LogP contribution in [0, 0.1) is 6.92 Å². The maximum absolute atomic E-state index is 13.4. The van der Waals surface area contributed by atoms with Crippen LogP contribution in [0.4, 0.5) is 13.2 Å². The molecule has 1 fully saturated rings. The highest BCUT2D eigenvalue weighted by Gasteiger charge is 2.38. The van der Waals surface area contributed by atoms with E-state index < -0.39 is 12.1 Å². The van der Waals surface area contributed by atoms with Crippen LogP contribution in [0.25, 0.3) is 37.4 Å². The Morgan fingerprint density at radius 1 is 1.07 bits per heavy atom. The molecular weight excluding hydrogens is 607 g/mol. The lowest BCUT2D eigenvalue weighted by molar-refractivity contribution is -0.192. The van der Waals surface area contributed by atoms with Crippen molar-refractivity contribution in [2.75, 3.05) is 32.8 Å². The van der Waals surface area contributed by atoms with Crippen LogP contribution in [0.1, 0.15) is 12.2 Å². The molecule has 14 heteroatoms. The van der Waals surface area contributed by atoms with Crippen LogP contribution in [-0.4, -0.2) is 74.1 Å². The van der Waals surface area contributed by atoms with E-state index in [0.717, 1.165) is 78.8 Å². The second kappa shape index (κ2) is 12.8. The van der Waals surface area contributed by atoms with Crippen LogP contribution in [-0.2, 0) is 16.1 Å². The van der Waals surface area contributed by atoms with Crippen molar-refractivity contribution in [3.8, 4) is 16.1 Å². The van der Waals surface area contributed by atoms with Crippen LogP contribution in [0.15, 0.2) is 59.7 Å². The third kappa shape index (κ3) is 7.07. The number of carboxylic acid groups (broad SMARTS) is 1. The number of morpholine rings is 1. The van der Waals surface area contributed by atoms with Crippen molar-refractivity contribution in [1.29, 1.82) is 0 Å². The number of hydrogen-bond donors (Lipinski definition) is 1. The molecule has 1 aliphatic heterocycles. The zero-order valence-corrected chi connectivity index (χ0v) is 24.5. The Kier molecular flexibility index (Phi) is 9.16. The first-order valence-electron chi connectivity index (χ1n) is 13.4. The van der Waals surface area contributed by atoms with Gasteiger partial charge in [-0.05, 0) is 55.3 Å². The molecule has 1 aliphatic rings. The Bertz CT molecular complexity index is 1810. The van der Waals surface area contributed by atoms with Crippen molar-refractivity contribution >= 4 is 50.2 Å². The van der Waals surface area contributed by atoms with Gasteiger partial charge in [-0.15, -0.1) is 11.3 Å². The topological polar surface area (TPSA) is 102 Å². The molecule has 1 N–H and O–H groups in total. The minimum atomic E-state index is -5.08. The van der Waals surface area contributed by atoms with E-state index in [4.69, 9.17) is 31.2 Å². The number of aromatic nitrogens is 4. The first-order valence-corrected chi connectivity index (χ1v) is 14.6. The minimum absolute atomic E-state index is 0.0776. The van der Waals surface area contributed by atoms with Gasteiger partial charge in [0, 0.05) is 36.1 Å². The summed E-state index contributed by atoms with van der Waals surface area (Å²) in [4.78, 5) is 35.1. The molecule has 0 aliphatic carbocycles. The van der Waals surface area contributed by atoms with E-state index in [2.05, 4.69) is 20.5 Å². The highest BCUT2D eigenvalue weighted by atomic mass is 35.5. The van der Waals surface area contributed by atoms with Crippen LogP contribution >= 0.6 is 22.9 Å². The van der Waals surface area contributed by atoms with E-state index in [1.54, 1.807) is 10.9 Å². The summed E-state index contributed by atoms with van der Waals surface area (Å²) >= 11 is 7.48.